The number of fused-ring (bicyclic) bond motifs is 1. The van der Waals surface area contributed by atoms with E-state index in [-0.39, 0.29) is 37.1 Å². The zero-order chi connectivity index (χ0) is 24.7. The number of ether oxygens (including phenoxy) is 3. The maximum absolute atomic E-state index is 12.8. The summed E-state index contributed by atoms with van der Waals surface area (Å²) in [5.41, 5.74) is 1.24. The van der Waals surface area contributed by atoms with Crippen molar-refractivity contribution in [2.45, 2.75) is 32.4 Å². The van der Waals surface area contributed by atoms with Crippen molar-refractivity contribution in [3.8, 4) is 11.5 Å². The van der Waals surface area contributed by atoms with Crippen LogP contribution in [0, 0.1) is 0 Å². The Morgan fingerprint density at radius 3 is 2.44 bits per heavy atom. The number of methoxy groups -OCH3 is 2. The SMILES string of the molecule is COc1cc2ncn(CCCC(=O)OCC(=O)N(C)C(C)c3ccccc3)c(=O)c2cc1OC. The molecule has 3 aromatic rings. The second-order valence-electron chi connectivity index (χ2n) is 7.82. The summed E-state index contributed by atoms with van der Waals surface area (Å²) in [7, 11) is 4.69. The molecule has 0 saturated carbocycles. The Hall–Kier alpha value is -3.88. The van der Waals surface area contributed by atoms with Crippen LogP contribution in [-0.4, -0.2) is 54.2 Å². The van der Waals surface area contributed by atoms with E-state index in [1.165, 1.54) is 25.1 Å². The predicted octanol–water partition coefficient (Wildman–Crippen LogP) is 2.96. The van der Waals surface area contributed by atoms with E-state index in [0.29, 0.717) is 28.8 Å². The monoisotopic (exact) mass is 467 g/mol. The van der Waals surface area contributed by atoms with Crippen molar-refractivity contribution in [2.75, 3.05) is 27.9 Å². The van der Waals surface area contributed by atoms with Crippen LogP contribution in [0.2, 0.25) is 0 Å². The van der Waals surface area contributed by atoms with Gasteiger partial charge in [0.15, 0.2) is 18.1 Å². The lowest BCUT2D eigenvalue weighted by atomic mass is 10.1. The van der Waals surface area contributed by atoms with Gasteiger partial charge in [0.2, 0.25) is 0 Å². The molecule has 180 valence electrons. The minimum Gasteiger partial charge on any atom is -0.493 e. The van der Waals surface area contributed by atoms with E-state index in [0.717, 1.165) is 5.56 Å². The molecule has 34 heavy (non-hydrogen) atoms. The van der Waals surface area contributed by atoms with Crippen molar-refractivity contribution in [3.63, 3.8) is 0 Å². The van der Waals surface area contributed by atoms with Gasteiger partial charge in [-0.3, -0.25) is 19.0 Å². The lowest BCUT2D eigenvalue weighted by Gasteiger charge is -2.25. The maximum atomic E-state index is 12.8. The second kappa shape index (κ2) is 11.3. The van der Waals surface area contributed by atoms with Gasteiger partial charge in [-0.15, -0.1) is 0 Å². The zero-order valence-corrected chi connectivity index (χ0v) is 19.8. The highest BCUT2D eigenvalue weighted by Gasteiger charge is 2.19. The van der Waals surface area contributed by atoms with Gasteiger partial charge in [0, 0.05) is 26.1 Å². The molecule has 0 N–H and O–H groups in total. The van der Waals surface area contributed by atoms with E-state index in [4.69, 9.17) is 14.2 Å². The van der Waals surface area contributed by atoms with Gasteiger partial charge in [0.25, 0.3) is 11.5 Å². The van der Waals surface area contributed by atoms with E-state index in [9.17, 15) is 14.4 Å². The Kier molecular flexibility index (Phi) is 8.24. The number of hydrogen-bond donors (Lipinski definition) is 0. The minimum absolute atomic E-state index is 0.0711. The molecule has 0 aliphatic heterocycles. The lowest BCUT2D eigenvalue weighted by Crippen LogP contribution is -2.33. The van der Waals surface area contributed by atoms with E-state index in [2.05, 4.69) is 4.98 Å². The topological polar surface area (TPSA) is 100.0 Å². The standard InChI is InChI=1S/C25H29N3O6/c1-17(18-9-6-5-7-10-18)27(2)23(29)15-34-24(30)11-8-12-28-16-26-20-14-22(33-4)21(32-3)13-19(20)25(28)31/h5-7,9-10,13-14,16-17H,8,11-12,15H2,1-4H3. The highest BCUT2D eigenvalue weighted by atomic mass is 16.5. The van der Waals surface area contributed by atoms with Gasteiger partial charge in [-0.1, -0.05) is 30.3 Å². The fraction of sp³-hybridized carbons (Fsp3) is 0.360. The van der Waals surface area contributed by atoms with Crippen molar-refractivity contribution in [2.24, 2.45) is 0 Å². The number of benzene rings is 2. The first-order chi connectivity index (χ1) is 16.3. The molecule has 0 spiro atoms. The van der Waals surface area contributed by atoms with Crippen LogP contribution in [0.4, 0.5) is 0 Å². The Morgan fingerprint density at radius 1 is 1.09 bits per heavy atom. The number of amides is 1. The molecule has 1 aromatic heterocycles. The van der Waals surface area contributed by atoms with Gasteiger partial charge < -0.3 is 19.1 Å². The van der Waals surface area contributed by atoms with E-state index >= 15 is 0 Å². The predicted molar refractivity (Wildman–Crippen MR) is 127 cm³/mol. The van der Waals surface area contributed by atoms with Gasteiger partial charge in [-0.2, -0.15) is 0 Å². The van der Waals surface area contributed by atoms with Gasteiger partial charge >= 0.3 is 5.97 Å². The van der Waals surface area contributed by atoms with Crippen LogP contribution >= 0.6 is 0 Å². The first-order valence-electron chi connectivity index (χ1n) is 10.9. The molecule has 3 rings (SSSR count). The quantitative estimate of drug-likeness (QED) is 0.423. The van der Waals surface area contributed by atoms with Crippen LogP contribution in [0.1, 0.15) is 31.4 Å². The number of nitrogens with zero attached hydrogens (tertiary/aromatic N) is 3. The van der Waals surface area contributed by atoms with Gasteiger partial charge in [-0.05, 0) is 25.0 Å². The number of esters is 1. The molecule has 0 aliphatic carbocycles. The molecule has 0 radical (unpaired) electrons. The Bertz CT molecular complexity index is 1210. The van der Waals surface area contributed by atoms with Crippen molar-refractivity contribution in [3.05, 3.63) is 64.7 Å². The van der Waals surface area contributed by atoms with Crippen molar-refractivity contribution in [1.29, 1.82) is 0 Å². The molecule has 1 amide bonds. The van der Waals surface area contributed by atoms with Crippen LogP contribution in [0.3, 0.4) is 0 Å². The number of aryl methyl sites for hydroxylation is 1. The van der Waals surface area contributed by atoms with Crippen LogP contribution in [0.25, 0.3) is 10.9 Å². The van der Waals surface area contributed by atoms with E-state index < -0.39 is 5.97 Å². The summed E-state index contributed by atoms with van der Waals surface area (Å²) in [5.74, 6) is 0.138. The number of carbonyl (C=O) groups is 2. The third kappa shape index (κ3) is 5.72. The average Bonchev–Trinajstić information content (AvgIpc) is 2.87. The molecule has 2 aromatic carbocycles. The molecule has 0 bridgehead atoms. The Balaban J connectivity index is 1.52. The molecule has 0 saturated heterocycles. The first-order valence-corrected chi connectivity index (χ1v) is 10.9. The molecule has 1 atom stereocenters. The summed E-state index contributed by atoms with van der Waals surface area (Å²) in [6.45, 7) is 1.87. The van der Waals surface area contributed by atoms with Crippen LogP contribution in [-0.2, 0) is 20.9 Å². The van der Waals surface area contributed by atoms with Crippen LogP contribution in [0.5, 0.6) is 11.5 Å². The van der Waals surface area contributed by atoms with Gasteiger partial charge in [0.05, 0.1) is 37.5 Å². The molecule has 0 aliphatic rings. The first kappa shape index (κ1) is 24.8. The number of likely N-dealkylation sites (N-methyl/N-ethyl adjacent to an activating group) is 1. The smallest absolute Gasteiger partial charge is 0.306 e. The third-order valence-corrected chi connectivity index (χ3v) is 5.72. The number of carbonyl (C=O) groups excluding carboxylic acids is 2. The highest BCUT2D eigenvalue weighted by molar-refractivity contribution is 5.82. The summed E-state index contributed by atoms with van der Waals surface area (Å²) in [6, 6.07) is 12.7. The van der Waals surface area contributed by atoms with Crippen LogP contribution < -0.4 is 15.0 Å². The summed E-state index contributed by atoms with van der Waals surface area (Å²) >= 11 is 0. The second-order valence-corrected chi connectivity index (χ2v) is 7.82. The minimum atomic E-state index is -0.498. The fourth-order valence-electron chi connectivity index (χ4n) is 3.53. The van der Waals surface area contributed by atoms with Crippen molar-refractivity contribution >= 4 is 22.8 Å². The Labute approximate surface area is 197 Å². The zero-order valence-electron chi connectivity index (χ0n) is 19.8. The molecular formula is C25H29N3O6. The molecule has 0 fully saturated rings. The van der Waals surface area contributed by atoms with Crippen LogP contribution in [0.15, 0.2) is 53.6 Å². The van der Waals surface area contributed by atoms with Crippen molar-refractivity contribution < 1.29 is 23.8 Å². The molecule has 1 heterocycles. The lowest BCUT2D eigenvalue weighted by molar-refractivity contribution is -0.152. The number of hydrogen-bond acceptors (Lipinski definition) is 7. The number of rotatable bonds is 10. The number of aromatic nitrogens is 2. The largest absolute Gasteiger partial charge is 0.493 e. The highest BCUT2D eigenvalue weighted by Crippen LogP contribution is 2.29. The average molecular weight is 468 g/mol. The summed E-state index contributed by atoms with van der Waals surface area (Å²) in [6.07, 6.45) is 1.87. The third-order valence-electron chi connectivity index (χ3n) is 5.72. The summed E-state index contributed by atoms with van der Waals surface area (Å²) < 4.78 is 17.1. The molecule has 9 heteroatoms. The maximum Gasteiger partial charge on any atom is 0.306 e. The Morgan fingerprint density at radius 2 is 1.76 bits per heavy atom. The van der Waals surface area contributed by atoms with Gasteiger partial charge in [-0.25, -0.2) is 4.98 Å². The van der Waals surface area contributed by atoms with E-state index in [1.54, 1.807) is 24.1 Å². The summed E-state index contributed by atoms with van der Waals surface area (Å²) in [5, 5.41) is 0.392. The molecular weight excluding hydrogens is 438 g/mol. The fourth-order valence-corrected chi connectivity index (χ4v) is 3.53. The molecule has 1 unspecified atom stereocenters. The van der Waals surface area contributed by atoms with Gasteiger partial charge in [0.1, 0.15) is 0 Å². The normalized spacial score (nSPS) is 11.6. The van der Waals surface area contributed by atoms with Crippen molar-refractivity contribution in [1.82, 2.24) is 14.5 Å². The molecule has 9 nitrogen and oxygen atoms in total. The summed E-state index contributed by atoms with van der Waals surface area (Å²) in [4.78, 5) is 43.2. The van der Waals surface area contributed by atoms with E-state index in [1.807, 2.05) is 37.3 Å².